The smallest absolute Gasteiger partial charge is 0.240 e. The summed E-state index contributed by atoms with van der Waals surface area (Å²) in [5, 5.41) is 2.94. The third-order valence-electron chi connectivity index (χ3n) is 3.70. The molecule has 11 heteroatoms. The van der Waals surface area contributed by atoms with Gasteiger partial charge in [-0.2, -0.15) is 0 Å². The summed E-state index contributed by atoms with van der Waals surface area (Å²) in [5.41, 5.74) is 0.0592. The Morgan fingerprint density at radius 3 is 2.31 bits per heavy atom. The molecule has 29 heavy (non-hydrogen) atoms. The van der Waals surface area contributed by atoms with Crippen LogP contribution in [0.4, 0.5) is 5.69 Å². The molecule has 0 aliphatic heterocycles. The number of nitrogens with one attached hydrogen (secondary N) is 1. The lowest BCUT2D eigenvalue weighted by Crippen LogP contribution is -2.41. The largest absolute Gasteiger partial charge is 0.493 e. The summed E-state index contributed by atoms with van der Waals surface area (Å²) in [5.74, 6) is 0.558. The number of benzene rings is 2. The van der Waals surface area contributed by atoms with Gasteiger partial charge in [0.1, 0.15) is 13.2 Å². The van der Waals surface area contributed by atoms with Crippen molar-refractivity contribution in [2.75, 3.05) is 37.4 Å². The van der Waals surface area contributed by atoms with Gasteiger partial charge in [0.15, 0.2) is 11.5 Å². The number of para-hydroxylation sites is 2. The zero-order valence-corrected chi connectivity index (χ0v) is 18.7. The molecule has 0 aliphatic carbocycles. The van der Waals surface area contributed by atoms with Gasteiger partial charge in [-0.1, -0.05) is 46.9 Å². The van der Waals surface area contributed by atoms with Crippen LogP contribution in [0.1, 0.15) is 0 Å². The quantitative estimate of drug-likeness (QED) is 0.437. The second kappa shape index (κ2) is 10.2. The summed E-state index contributed by atoms with van der Waals surface area (Å²) in [6, 6.07) is 9.70. The first-order valence-corrected chi connectivity index (χ1v) is 11.3. The van der Waals surface area contributed by atoms with E-state index in [1.165, 1.54) is 19.2 Å². The highest BCUT2D eigenvalue weighted by atomic mass is 35.5. The first-order chi connectivity index (χ1) is 13.6. The molecule has 0 saturated heterocycles. The molecule has 0 saturated carbocycles. The van der Waals surface area contributed by atoms with Crippen molar-refractivity contribution in [3.8, 4) is 11.5 Å². The predicted molar refractivity (Wildman–Crippen MR) is 115 cm³/mol. The van der Waals surface area contributed by atoms with E-state index >= 15 is 0 Å². The van der Waals surface area contributed by atoms with E-state index in [4.69, 9.17) is 44.3 Å². The van der Waals surface area contributed by atoms with Gasteiger partial charge in [0, 0.05) is 0 Å². The number of amides is 1. The lowest BCUT2D eigenvalue weighted by molar-refractivity contribution is -0.119. The first kappa shape index (κ1) is 23.4. The Kier molecular flexibility index (Phi) is 8.27. The molecule has 0 aliphatic rings. The fourth-order valence-corrected chi connectivity index (χ4v) is 3.91. The fourth-order valence-electron chi connectivity index (χ4n) is 2.36. The van der Waals surface area contributed by atoms with Crippen LogP contribution in [0, 0.1) is 0 Å². The van der Waals surface area contributed by atoms with Crippen LogP contribution in [0.5, 0.6) is 11.5 Å². The third-order valence-corrected chi connectivity index (χ3v) is 5.85. The second-order valence-corrected chi connectivity index (χ2v) is 8.97. The number of carbonyl (C=O) groups excluding carboxylic acids is 1. The number of ether oxygens (including phenoxy) is 2. The molecule has 0 spiro atoms. The van der Waals surface area contributed by atoms with Crippen LogP contribution in [0.25, 0.3) is 0 Å². The maximum atomic E-state index is 12.3. The molecule has 0 heterocycles. The van der Waals surface area contributed by atoms with Crippen LogP contribution in [0.3, 0.4) is 0 Å². The number of sulfonamides is 1. The molecule has 2 rings (SSSR count). The van der Waals surface area contributed by atoms with E-state index < -0.39 is 22.5 Å². The number of hydrogen-bond acceptors (Lipinski definition) is 5. The zero-order chi connectivity index (χ0) is 21.6. The Bertz CT molecular complexity index is 985. The highest BCUT2D eigenvalue weighted by molar-refractivity contribution is 7.92. The number of nitrogens with zero attached hydrogens (tertiary/aromatic N) is 1. The van der Waals surface area contributed by atoms with Crippen LogP contribution in [0.15, 0.2) is 36.4 Å². The van der Waals surface area contributed by atoms with Crippen LogP contribution >= 0.6 is 34.8 Å². The molecular weight excluding hydrogens is 463 g/mol. The van der Waals surface area contributed by atoms with Crippen LogP contribution in [0.2, 0.25) is 15.1 Å². The molecule has 0 unspecified atom stereocenters. The average Bonchev–Trinajstić information content (AvgIpc) is 2.66. The highest BCUT2D eigenvalue weighted by Gasteiger charge is 2.24. The van der Waals surface area contributed by atoms with E-state index in [1.807, 2.05) is 0 Å². The second-order valence-electron chi connectivity index (χ2n) is 5.84. The minimum Gasteiger partial charge on any atom is -0.493 e. The van der Waals surface area contributed by atoms with E-state index in [-0.39, 0.29) is 33.9 Å². The van der Waals surface area contributed by atoms with Gasteiger partial charge in [-0.15, -0.1) is 0 Å². The fraction of sp³-hybridized carbons (Fsp3) is 0.278. The van der Waals surface area contributed by atoms with E-state index in [9.17, 15) is 13.2 Å². The van der Waals surface area contributed by atoms with Gasteiger partial charge in [0.25, 0.3) is 0 Å². The molecule has 7 nitrogen and oxygen atoms in total. The topological polar surface area (TPSA) is 84.9 Å². The summed E-state index contributed by atoms with van der Waals surface area (Å²) < 4.78 is 35.9. The maximum Gasteiger partial charge on any atom is 0.240 e. The minimum atomic E-state index is -3.81. The molecule has 158 valence electrons. The Morgan fingerprint density at radius 1 is 1.07 bits per heavy atom. The number of methoxy groups -OCH3 is 1. The average molecular weight is 482 g/mol. The van der Waals surface area contributed by atoms with Gasteiger partial charge in [0.2, 0.25) is 15.9 Å². The lowest BCUT2D eigenvalue weighted by atomic mass is 10.3. The molecular formula is C18H19Cl3N2O5S. The van der Waals surface area contributed by atoms with E-state index in [0.29, 0.717) is 11.5 Å². The Morgan fingerprint density at radius 2 is 1.69 bits per heavy atom. The van der Waals surface area contributed by atoms with Crippen LogP contribution < -0.4 is 19.1 Å². The molecule has 0 fully saturated rings. The Balaban J connectivity index is 2.00. The Hall–Kier alpha value is -1.87. The summed E-state index contributed by atoms with van der Waals surface area (Å²) in [6.45, 7) is -0.159. The monoisotopic (exact) mass is 480 g/mol. The maximum absolute atomic E-state index is 12.3. The van der Waals surface area contributed by atoms with Crippen molar-refractivity contribution in [2.45, 2.75) is 0 Å². The number of carbonyl (C=O) groups is 1. The van der Waals surface area contributed by atoms with Crippen molar-refractivity contribution in [3.63, 3.8) is 0 Å². The Labute approximate surface area is 184 Å². The van der Waals surface area contributed by atoms with Crippen molar-refractivity contribution >= 4 is 56.4 Å². The molecule has 1 amide bonds. The summed E-state index contributed by atoms with van der Waals surface area (Å²) >= 11 is 17.9. The van der Waals surface area contributed by atoms with Crippen molar-refractivity contribution in [2.24, 2.45) is 0 Å². The van der Waals surface area contributed by atoms with Gasteiger partial charge in [0.05, 0.1) is 40.7 Å². The molecule has 2 aromatic rings. The van der Waals surface area contributed by atoms with Crippen molar-refractivity contribution < 1.29 is 22.7 Å². The number of anilines is 1. The van der Waals surface area contributed by atoms with Crippen molar-refractivity contribution in [1.82, 2.24) is 5.32 Å². The summed E-state index contributed by atoms with van der Waals surface area (Å²) in [4.78, 5) is 12.3. The van der Waals surface area contributed by atoms with Gasteiger partial charge in [-0.3, -0.25) is 9.10 Å². The molecule has 0 atom stereocenters. The number of halogens is 3. The summed E-state index contributed by atoms with van der Waals surface area (Å²) in [7, 11) is -2.28. The number of rotatable bonds is 9. The van der Waals surface area contributed by atoms with Crippen LogP contribution in [-0.4, -0.2) is 47.4 Å². The number of hydrogen-bond donors (Lipinski definition) is 1. The zero-order valence-electron chi connectivity index (χ0n) is 15.6. The van der Waals surface area contributed by atoms with Crippen molar-refractivity contribution in [1.29, 1.82) is 0 Å². The standard InChI is InChI=1S/C18H19Cl3N2O5S/c1-27-16-5-3-4-6-17(16)28-8-7-22-18(24)11-23(29(2,25)26)15-10-13(20)12(19)9-14(15)21/h3-6,9-10H,7-8,11H2,1-2H3,(H,22,24). The predicted octanol–water partition coefficient (Wildman–Crippen LogP) is 3.62. The SMILES string of the molecule is COc1ccccc1OCCNC(=O)CN(c1cc(Cl)c(Cl)cc1Cl)S(C)(=O)=O. The van der Waals surface area contributed by atoms with E-state index in [0.717, 1.165) is 10.6 Å². The molecule has 0 aromatic heterocycles. The van der Waals surface area contributed by atoms with Crippen molar-refractivity contribution in [3.05, 3.63) is 51.5 Å². The third kappa shape index (κ3) is 6.57. The van der Waals surface area contributed by atoms with Gasteiger partial charge in [-0.05, 0) is 24.3 Å². The normalized spacial score (nSPS) is 11.1. The van der Waals surface area contributed by atoms with Gasteiger partial charge < -0.3 is 14.8 Å². The van der Waals surface area contributed by atoms with Gasteiger partial charge >= 0.3 is 0 Å². The van der Waals surface area contributed by atoms with E-state index in [2.05, 4.69) is 5.32 Å². The molecule has 2 aromatic carbocycles. The molecule has 0 bridgehead atoms. The summed E-state index contributed by atoms with van der Waals surface area (Å²) in [6.07, 6.45) is 0.962. The van der Waals surface area contributed by atoms with E-state index in [1.54, 1.807) is 24.3 Å². The highest BCUT2D eigenvalue weighted by Crippen LogP contribution is 2.35. The molecule has 1 N–H and O–H groups in total. The minimum absolute atomic E-state index is 0.0529. The first-order valence-electron chi connectivity index (χ1n) is 8.28. The lowest BCUT2D eigenvalue weighted by Gasteiger charge is -2.23. The molecule has 0 radical (unpaired) electrons. The van der Waals surface area contributed by atoms with Gasteiger partial charge in [-0.25, -0.2) is 8.42 Å². The van der Waals surface area contributed by atoms with Crippen LogP contribution in [-0.2, 0) is 14.8 Å².